The van der Waals surface area contributed by atoms with Crippen molar-refractivity contribution in [1.29, 1.82) is 0 Å². The first-order chi connectivity index (χ1) is 6.85. The Morgan fingerprint density at radius 3 is 2.20 bits per heavy atom. The molecule has 0 heterocycles. The molecule has 0 aromatic heterocycles. The van der Waals surface area contributed by atoms with Crippen molar-refractivity contribution in [2.45, 2.75) is 20.3 Å². The maximum absolute atomic E-state index is 13.2. The second-order valence-electron chi connectivity index (χ2n) is 4.14. The molecule has 0 N–H and O–H groups in total. The Hall–Kier alpha value is -1.32. The number of benzene rings is 1. The molecule has 0 radical (unpaired) electrons. The summed E-state index contributed by atoms with van der Waals surface area (Å²) in [6.45, 7) is 3.20. The van der Waals surface area contributed by atoms with E-state index in [9.17, 15) is 18.0 Å². The number of halogens is 3. The van der Waals surface area contributed by atoms with Crippen LogP contribution in [0.2, 0.25) is 0 Å². The molecule has 0 saturated heterocycles. The van der Waals surface area contributed by atoms with Crippen molar-refractivity contribution in [3.8, 4) is 0 Å². The van der Waals surface area contributed by atoms with Crippen LogP contribution in [0, 0.1) is 22.9 Å². The van der Waals surface area contributed by atoms with Crippen LogP contribution in [-0.2, 0) is 11.2 Å². The summed E-state index contributed by atoms with van der Waals surface area (Å²) in [5.41, 5.74) is -0.781. The first-order valence-corrected chi connectivity index (χ1v) is 4.45. The molecule has 0 amide bonds. The Balaban J connectivity index is 3.06. The SMILES string of the molecule is CC(C)(C=O)Cc1cc(F)c(F)cc1F. The maximum Gasteiger partial charge on any atom is 0.161 e. The van der Waals surface area contributed by atoms with E-state index >= 15 is 0 Å². The highest BCUT2D eigenvalue weighted by molar-refractivity contribution is 5.58. The molecule has 0 unspecified atom stereocenters. The number of hydrogen-bond acceptors (Lipinski definition) is 1. The lowest BCUT2D eigenvalue weighted by molar-refractivity contribution is -0.114. The highest BCUT2D eigenvalue weighted by Crippen LogP contribution is 2.22. The van der Waals surface area contributed by atoms with E-state index in [0.717, 1.165) is 6.07 Å². The topological polar surface area (TPSA) is 17.1 Å². The quantitative estimate of drug-likeness (QED) is 0.561. The molecule has 0 atom stereocenters. The highest BCUT2D eigenvalue weighted by atomic mass is 19.2. The first-order valence-electron chi connectivity index (χ1n) is 4.45. The lowest BCUT2D eigenvalue weighted by atomic mass is 9.87. The average molecular weight is 216 g/mol. The van der Waals surface area contributed by atoms with Gasteiger partial charge in [0.1, 0.15) is 12.1 Å². The van der Waals surface area contributed by atoms with Gasteiger partial charge < -0.3 is 4.79 Å². The predicted molar refractivity (Wildman–Crippen MR) is 49.9 cm³/mol. The minimum atomic E-state index is -1.22. The number of carbonyl (C=O) groups is 1. The summed E-state index contributed by atoms with van der Waals surface area (Å²) in [5, 5.41) is 0. The van der Waals surface area contributed by atoms with Gasteiger partial charge in [-0.05, 0) is 18.1 Å². The van der Waals surface area contributed by atoms with E-state index in [4.69, 9.17) is 0 Å². The Morgan fingerprint density at radius 1 is 1.13 bits per heavy atom. The van der Waals surface area contributed by atoms with Crippen molar-refractivity contribution in [3.63, 3.8) is 0 Å². The third-order valence-corrected chi connectivity index (χ3v) is 2.05. The van der Waals surface area contributed by atoms with Crippen LogP contribution in [0.4, 0.5) is 13.2 Å². The molecule has 0 bridgehead atoms. The van der Waals surface area contributed by atoms with Gasteiger partial charge in [0.15, 0.2) is 11.6 Å². The third kappa shape index (κ3) is 2.81. The number of carbonyl (C=O) groups excluding carboxylic acids is 1. The van der Waals surface area contributed by atoms with E-state index in [1.807, 2.05) is 0 Å². The largest absolute Gasteiger partial charge is 0.303 e. The van der Waals surface area contributed by atoms with Crippen LogP contribution in [-0.4, -0.2) is 6.29 Å². The third-order valence-electron chi connectivity index (χ3n) is 2.05. The number of hydrogen-bond donors (Lipinski definition) is 0. The zero-order chi connectivity index (χ0) is 11.6. The zero-order valence-electron chi connectivity index (χ0n) is 8.48. The van der Waals surface area contributed by atoms with E-state index in [2.05, 4.69) is 0 Å². The second-order valence-corrected chi connectivity index (χ2v) is 4.14. The summed E-state index contributed by atoms with van der Waals surface area (Å²) in [4.78, 5) is 10.6. The van der Waals surface area contributed by atoms with Crippen LogP contribution in [0.1, 0.15) is 19.4 Å². The summed E-state index contributed by atoms with van der Waals surface area (Å²) in [6.07, 6.45) is 0.702. The fourth-order valence-corrected chi connectivity index (χ4v) is 1.23. The van der Waals surface area contributed by atoms with Gasteiger partial charge in [-0.25, -0.2) is 13.2 Å². The van der Waals surface area contributed by atoms with E-state index < -0.39 is 22.9 Å². The molecule has 4 heteroatoms. The smallest absolute Gasteiger partial charge is 0.161 e. The molecule has 82 valence electrons. The van der Waals surface area contributed by atoms with Gasteiger partial charge in [-0.2, -0.15) is 0 Å². The second kappa shape index (κ2) is 4.04. The summed E-state index contributed by atoms with van der Waals surface area (Å²) in [5.74, 6) is -3.16. The zero-order valence-corrected chi connectivity index (χ0v) is 8.48. The van der Waals surface area contributed by atoms with Crippen molar-refractivity contribution in [2.24, 2.45) is 5.41 Å². The Kier molecular flexibility index (Phi) is 3.17. The molecule has 0 saturated carbocycles. The summed E-state index contributed by atoms with van der Waals surface area (Å²) in [6, 6.07) is 1.28. The average Bonchev–Trinajstić information content (AvgIpc) is 2.14. The maximum atomic E-state index is 13.2. The van der Waals surface area contributed by atoms with E-state index in [1.165, 1.54) is 0 Å². The van der Waals surface area contributed by atoms with Gasteiger partial charge in [-0.3, -0.25) is 0 Å². The van der Waals surface area contributed by atoms with Crippen LogP contribution in [0.15, 0.2) is 12.1 Å². The Labute approximate surface area is 85.9 Å². The molecule has 15 heavy (non-hydrogen) atoms. The van der Waals surface area contributed by atoms with Crippen molar-refractivity contribution in [3.05, 3.63) is 35.1 Å². The molecule has 1 aromatic rings. The fraction of sp³-hybridized carbons (Fsp3) is 0.364. The highest BCUT2D eigenvalue weighted by Gasteiger charge is 2.20. The Bertz CT molecular complexity index is 386. The number of rotatable bonds is 3. The van der Waals surface area contributed by atoms with Gasteiger partial charge in [0.25, 0.3) is 0 Å². The molecule has 0 fully saturated rings. The molecule has 1 nitrogen and oxygen atoms in total. The van der Waals surface area contributed by atoms with Crippen molar-refractivity contribution >= 4 is 6.29 Å². The van der Waals surface area contributed by atoms with Crippen molar-refractivity contribution in [2.75, 3.05) is 0 Å². The summed E-state index contributed by atoms with van der Waals surface area (Å²) >= 11 is 0. The van der Waals surface area contributed by atoms with Crippen LogP contribution in [0.25, 0.3) is 0 Å². The molecule has 1 rings (SSSR count). The lowest BCUT2D eigenvalue weighted by Gasteiger charge is -2.16. The minimum absolute atomic E-state index is 0.00556. The lowest BCUT2D eigenvalue weighted by Crippen LogP contribution is -2.17. The van der Waals surface area contributed by atoms with Crippen LogP contribution in [0.3, 0.4) is 0 Å². The molecule has 0 aliphatic rings. The van der Waals surface area contributed by atoms with Gasteiger partial charge in [0, 0.05) is 11.5 Å². The van der Waals surface area contributed by atoms with Gasteiger partial charge in [0.2, 0.25) is 0 Å². The van der Waals surface area contributed by atoms with E-state index in [-0.39, 0.29) is 12.0 Å². The Morgan fingerprint density at radius 2 is 1.67 bits per heavy atom. The van der Waals surface area contributed by atoms with Gasteiger partial charge >= 0.3 is 0 Å². The molecule has 0 aliphatic carbocycles. The molecule has 0 aliphatic heterocycles. The van der Waals surface area contributed by atoms with Gasteiger partial charge in [0.05, 0.1) is 0 Å². The monoisotopic (exact) mass is 216 g/mol. The van der Waals surface area contributed by atoms with E-state index in [0.29, 0.717) is 12.4 Å². The van der Waals surface area contributed by atoms with Crippen molar-refractivity contribution < 1.29 is 18.0 Å². The predicted octanol–water partition coefficient (Wildman–Crippen LogP) is 2.87. The van der Waals surface area contributed by atoms with E-state index in [1.54, 1.807) is 13.8 Å². The normalized spacial score (nSPS) is 11.5. The van der Waals surface area contributed by atoms with Crippen LogP contribution in [0.5, 0.6) is 0 Å². The van der Waals surface area contributed by atoms with Crippen molar-refractivity contribution in [1.82, 2.24) is 0 Å². The fourth-order valence-electron chi connectivity index (χ4n) is 1.23. The summed E-state index contributed by atoms with van der Waals surface area (Å²) in [7, 11) is 0. The van der Waals surface area contributed by atoms with Gasteiger partial charge in [-0.15, -0.1) is 0 Å². The van der Waals surface area contributed by atoms with Crippen LogP contribution >= 0.6 is 0 Å². The first kappa shape index (κ1) is 11.8. The summed E-state index contributed by atoms with van der Waals surface area (Å²) < 4.78 is 38.6. The molecular formula is C11H11F3O. The standard InChI is InChI=1S/C11H11F3O/c1-11(2,6-15)5-7-3-9(13)10(14)4-8(7)12/h3-4,6H,5H2,1-2H3. The number of aldehydes is 1. The van der Waals surface area contributed by atoms with Crippen LogP contribution < -0.4 is 0 Å². The molecule has 1 aromatic carbocycles. The van der Waals surface area contributed by atoms with Gasteiger partial charge in [-0.1, -0.05) is 13.8 Å². The molecule has 0 spiro atoms. The minimum Gasteiger partial charge on any atom is -0.303 e. The molecular weight excluding hydrogens is 205 g/mol.